The molecule has 10 nitrogen and oxygen atoms in total. The third kappa shape index (κ3) is 4.38. The zero-order valence-electron chi connectivity index (χ0n) is 13.4. The second kappa shape index (κ2) is 7.83. The highest BCUT2D eigenvalue weighted by Crippen LogP contribution is 2.25. The number of esters is 2. The fraction of sp³-hybridized carbons (Fsp3) is 0.125. The molecule has 134 valence electrons. The molecular weight excluding hydrogens is 348 g/mol. The van der Waals surface area contributed by atoms with E-state index in [1.165, 1.54) is 31.4 Å². The van der Waals surface area contributed by atoms with Gasteiger partial charge in [-0.1, -0.05) is 0 Å². The van der Waals surface area contributed by atoms with Gasteiger partial charge in [0, 0.05) is 11.6 Å². The summed E-state index contributed by atoms with van der Waals surface area (Å²) in [6, 6.07) is 8.51. The molecule has 0 saturated carbocycles. The molecule has 0 atom stereocenters. The van der Waals surface area contributed by atoms with Crippen LogP contribution in [-0.4, -0.2) is 28.9 Å². The Morgan fingerprint density at radius 2 is 1.65 bits per heavy atom. The number of nitrogens with zero attached hydrogens (tertiary/aromatic N) is 2. The molecule has 0 bridgehead atoms. The van der Waals surface area contributed by atoms with Gasteiger partial charge in [-0.2, -0.15) is 0 Å². The van der Waals surface area contributed by atoms with Gasteiger partial charge in [0.2, 0.25) is 0 Å². The van der Waals surface area contributed by atoms with Crippen LogP contribution in [0.2, 0.25) is 0 Å². The third-order valence-electron chi connectivity index (χ3n) is 3.32. The highest BCUT2D eigenvalue weighted by atomic mass is 16.6. The summed E-state index contributed by atoms with van der Waals surface area (Å²) < 4.78 is 9.59. The first kappa shape index (κ1) is 18.5. The van der Waals surface area contributed by atoms with E-state index in [1.807, 2.05) is 0 Å². The molecule has 0 aliphatic rings. The Hall–Kier alpha value is -3.82. The minimum atomic E-state index is -0.805. The maximum absolute atomic E-state index is 12.0. The summed E-state index contributed by atoms with van der Waals surface area (Å²) in [6.45, 7) is 0. The Morgan fingerprint density at radius 1 is 1.00 bits per heavy atom. The van der Waals surface area contributed by atoms with Crippen molar-refractivity contribution in [2.24, 2.45) is 0 Å². The van der Waals surface area contributed by atoms with E-state index in [4.69, 9.17) is 4.74 Å². The number of nitro groups is 2. The SMILES string of the molecule is COC(=O)c1ccc(OC(=O)Cc2ccc([N+](=O)[O-])cc2[N+](=O)[O-])cc1. The molecule has 0 aliphatic heterocycles. The van der Waals surface area contributed by atoms with E-state index in [2.05, 4.69) is 4.74 Å². The normalized spacial score (nSPS) is 10.0. The molecular formula is C16H12N2O8. The van der Waals surface area contributed by atoms with Gasteiger partial charge in [-0.3, -0.25) is 25.0 Å². The van der Waals surface area contributed by atoms with E-state index in [1.54, 1.807) is 0 Å². The lowest BCUT2D eigenvalue weighted by atomic mass is 10.1. The van der Waals surface area contributed by atoms with Gasteiger partial charge >= 0.3 is 11.9 Å². The Kier molecular flexibility index (Phi) is 5.58. The van der Waals surface area contributed by atoms with Gasteiger partial charge in [-0.15, -0.1) is 0 Å². The van der Waals surface area contributed by atoms with E-state index in [9.17, 15) is 29.8 Å². The first-order chi connectivity index (χ1) is 12.3. The van der Waals surface area contributed by atoms with Crippen molar-refractivity contribution in [1.29, 1.82) is 0 Å². The van der Waals surface area contributed by atoms with E-state index in [0.29, 0.717) is 0 Å². The first-order valence-corrected chi connectivity index (χ1v) is 7.12. The predicted molar refractivity (Wildman–Crippen MR) is 86.9 cm³/mol. The fourth-order valence-electron chi connectivity index (χ4n) is 2.09. The van der Waals surface area contributed by atoms with E-state index in [-0.39, 0.29) is 16.9 Å². The summed E-state index contributed by atoms with van der Waals surface area (Å²) in [5.41, 5.74) is -0.750. The summed E-state index contributed by atoms with van der Waals surface area (Å²) in [7, 11) is 1.23. The van der Waals surface area contributed by atoms with Crippen LogP contribution in [0.15, 0.2) is 42.5 Å². The average molecular weight is 360 g/mol. The van der Waals surface area contributed by atoms with Gasteiger partial charge in [0.25, 0.3) is 11.4 Å². The van der Waals surface area contributed by atoms with Gasteiger partial charge < -0.3 is 9.47 Å². The summed E-state index contributed by atoms with van der Waals surface area (Å²) in [5, 5.41) is 21.8. The molecule has 2 rings (SSSR count). The monoisotopic (exact) mass is 360 g/mol. The Balaban J connectivity index is 2.13. The molecule has 0 heterocycles. The molecule has 0 radical (unpaired) electrons. The van der Waals surface area contributed by atoms with Gasteiger partial charge in [-0.05, 0) is 30.3 Å². The smallest absolute Gasteiger partial charge is 0.337 e. The highest BCUT2D eigenvalue weighted by Gasteiger charge is 2.22. The third-order valence-corrected chi connectivity index (χ3v) is 3.32. The molecule has 0 amide bonds. The van der Waals surface area contributed by atoms with Crippen molar-refractivity contribution in [3.8, 4) is 5.75 Å². The minimum absolute atomic E-state index is 0.0169. The molecule has 0 aliphatic carbocycles. The lowest BCUT2D eigenvalue weighted by molar-refractivity contribution is -0.394. The number of hydrogen-bond donors (Lipinski definition) is 0. The number of rotatable bonds is 6. The van der Waals surface area contributed by atoms with Gasteiger partial charge in [0.1, 0.15) is 5.75 Å². The fourth-order valence-corrected chi connectivity index (χ4v) is 2.09. The highest BCUT2D eigenvalue weighted by molar-refractivity contribution is 5.89. The topological polar surface area (TPSA) is 139 Å². The van der Waals surface area contributed by atoms with Crippen molar-refractivity contribution in [3.63, 3.8) is 0 Å². The lowest BCUT2D eigenvalue weighted by Crippen LogP contribution is -2.12. The quantitative estimate of drug-likeness (QED) is 0.331. The number of carbonyl (C=O) groups excluding carboxylic acids is 2. The summed E-state index contributed by atoms with van der Waals surface area (Å²) in [6.07, 6.45) is -0.451. The van der Waals surface area contributed by atoms with Crippen LogP contribution >= 0.6 is 0 Å². The minimum Gasteiger partial charge on any atom is -0.465 e. The van der Waals surface area contributed by atoms with E-state index < -0.39 is 39.6 Å². The zero-order chi connectivity index (χ0) is 19.3. The Labute approximate surface area is 146 Å². The van der Waals surface area contributed by atoms with Crippen molar-refractivity contribution in [3.05, 3.63) is 73.8 Å². The van der Waals surface area contributed by atoms with Crippen LogP contribution in [0.3, 0.4) is 0 Å². The number of carbonyl (C=O) groups is 2. The molecule has 0 fully saturated rings. The van der Waals surface area contributed by atoms with Gasteiger partial charge in [0.15, 0.2) is 0 Å². The van der Waals surface area contributed by atoms with E-state index >= 15 is 0 Å². The van der Waals surface area contributed by atoms with Crippen LogP contribution < -0.4 is 4.74 Å². The molecule has 2 aromatic rings. The van der Waals surface area contributed by atoms with Crippen molar-refractivity contribution in [2.45, 2.75) is 6.42 Å². The number of nitro benzene ring substituents is 2. The summed E-state index contributed by atoms with van der Waals surface area (Å²) in [5.74, 6) is -1.22. The molecule has 0 spiro atoms. The maximum atomic E-state index is 12.0. The molecule has 26 heavy (non-hydrogen) atoms. The Bertz CT molecular complexity index is 876. The molecule has 0 saturated heterocycles. The zero-order valence-corrected chi connectivity index (χ0v) is 13.4. The second-order valence-electron chi connectivity index (χ2n) is 4.99. The Morgan fingerprint density at radius 3 is 2.19 bits per heavy atom. The maximum Gasteiger partial charge on any atom is 0.337 e. The largest absolute Gasteiger partial charge is 0.465 e. The number of methoxy groups -OCH3 is 1. The van der Waals surface area contributed by atoms with Crippen LogP contribution in [0.5, 0.6) is 5.75 Å². The molecule has 10 heteroatoms. The first-order valence-electron chi connectivity index (χ1n) is 7.12. The van der Waals surface area contributed by atoms with Gasteiger partial charge in [-0.25, -0.2) is 4.79 Å². The van der Waals surface area contributed by atoms with Gasteiger partial charge in [0.05, 0.1) is 35.0 Å². The molecule has 2 aromatic carbocycles. The second-order valence-corrected chi connectivity index (χ2v) is 4.99. The molecule has 0 unspecified atom stereocenters. The van der Waals surface area contributed by atoms with Crippen molar-refractivity contribution < 1.29 is 28.9 Å². The summed E-state index contributed by atoms with van der Waals surface area (Å²) in [4.78, 5) is 43.5. The number of non-ortho nitro benzene ring substituents is 1. The molecule has 0 aromatic heterocycles. The molecule has 0 N–H and O–H groups in total. The standard InChI is InChI=1S/C16H12N2O8/c1-25-16(20)10-3-6-13(7-4-10)26-15(19)8-11-2-5-12(17(21)22)9-14(11)18(23)24/h2-7,9H,8H2,1H3. The predicted octanol–water partition coefficient (Wildman–Crippen LogP) is 2.44. The van der Waals surface area contributed by atoms with Crippen LogP contribution in [0.25, 0.3) is 0 Å². The van der Waals surface area contributed by atoms with E-state index in [0.717, 1.165) is 18.2 Å². The van der Waals surface area contributed by atoms with Crippen LogP contribution in [0.4, 0.5) is 11.4 Å². The lowest BCUT2D eigenvalue weighted by Gasteiger charge is -2.06. The average Bonchev–Trinajstić information content (AvgIpc) is 2.61. The van der Waals surface area contributed by atoms with Crippen molar-refractivity contribution in [1.82, 2.24) is 0 Å². The number of benzene rings is 2. The number of ether oxygens (including phenoxy) is 2. The van der Waals surface area contributed by atoms with Crippen LogP contribution in [-0.2, 0) is 16.0 Å². The number of hydrogen-bond acceptors (Lipinski definition) is 8. The van der Waals surface area contributed by atoms with Crippen LogP contribution in [0.1, 0.15) is 15.9 Å². The van der Waals surface area contributed by atoms with Crippen molar-refractivity contribution >= 4 is 23.3 Å². The van der Waals surface area contributed by atoms with Crippen molar-refractivity contribution in [2.75, 3.05) is 7.11 Å². The van der Waals surface area contributed by atoms with Crippen LogP contribution in [0, 0.1) is 20.2 Å². The summed E-state index contributed by atoms with van der Waals surface area (Å²) >= 11 is 0.